The molecular weight excluding hydrogens is 410 g/mol. The van der Waals surface area contributed by atoms with E-state index in [9.17, 15) is 9.59 Å². The Hall–Kier alpha value is -2.45. The zero-order chi connectivity index (χ0) is 21.4. The lowest BCUT2D eigenvalue weighted by Gasteiger charge is -2.35. The monoisotopic (exact) mass is 439 g/mol. The summed E-state index contributed by atoms with van der Waals surface area (Å²) >= 11 is 1.75. The molecule has 1 unspecified atom stereocenters. The van der Waals surface area contributed by atoms with E-state index in [1.54, 1.807) is 15.9 Å². The van der Waals surface area contributed by atoms with Crippen molar-refractivity contribution in [2.24, 2.45) is 0 Å². The van der Waals surface area contributed by atoms with Crippen LogP contribution in [0.2, 0.25) is 0 Å². The second-order valence-corrected chi connectivity index (χ2v) is 9.67. The van der Waals surface area contributed by atoms with Crippen molar-refractivity contribution < 1.29 is 4.79 Å². The number of carbonyl (C=O) groups is 1. The molecule has 5 rings (SSSR count). The van der Waals surface area contributed by atoms with E-state index < -0.39 is 0 Å². The van der Waals surface area contributed by atoms with Crippen LogP contribution in [0.4, 0.5) is 0 Å². The lowest BCUT2D eigenvalue weighted by Crippen LogP contribution is -2.38. The first kappa shape index (κ1) is 20.5. The van der Waals surface area contributed by atoms with Gasteiger partial charge in [0.15, 0.2) is 5.65 Å². The fourth-order valence-electron chi connectivity index (χ4n) is 4.90. The fourth-order valence-corrected chi connectivity index (χ4v) is 5.64. The summed E-state index contributed by atoms with van der Waals surface area (Å²) in [6.07, 6.45) is 5.27. The smallest absolute Gasteiger partial charge is 0.277 e. The number of nitrogens with zero attached hydrogens (tertiary/aromatic N) is 4. The zero-order valence-electron chi connectivity index (χ0n) is 18.0. The summed E-state index contributed by atoms with van der Waals surface area (Å²) in [5.74, 6) is 0.203. The number of hydrogen-bond acceptors (Lipinski definition) is 5. The van der Waals surface area contributed by atoms with Crippen LogP contribution in [0.25, 0.3) is 5.65 Å². The van der Waals surface area contributed by atoms with E-state index in [-0.39, 0.29) is 17.5 Å². The second-order valence-electron chi connectivity index (χ2n) is 8.64. The Bertz CT molecular complexity index is 1130. The van der Waals surface area contributed by atoms with E-state index in [0.717, 1.165) is 68.7 Å². The highest BCUT2D eigenvalue weighted by atomic mass is 32.1. The Morgan fingerprint density at radius 3 is 3.03 bits per heavy atom. The molecule has 5 heterocycles. The average Bonchev–Trinajstić information content (AvgIpc) is 3.44. The van der Waals surface area contributed by atoms with Crippen LogP contribution in [-0.4, -0.2) is 43.4 Å². The molecule has 31 heavy (non-hydrogen) atoms. The average molecular weight is 440 g/mol. The van der Waals surface area contributed by atoms with Gasteiger partial charge in [0.05, 0.1) is 23.0 Å². The van der Waals surface area contributed by atoms with Gasteiger partial charge in [-0.15, -0.1) is 11.3 Å². The normalized spacial score (nSPS) is 19.6. The van der Waals surface area contributed by atoms with Crippen LogP contribution in [0.5, 0.6) is 0 Å². The second kappa shape index (κ2) is 8.59. The number of fused-ring (bicyclic) bond motifs is 2. The van der Waals surface area contributed by atoms with Gasteiger partial charge in [0.2, 0.25) is 5.91 Å². The van der Waals surface area contributed by atoms with Crippen LogP contribution in [0, 0.1) is 0 Å². The molecule has 0 aliphatic carbocycles. The fraction of sp³-hybridized carbons (Fsp3) is 0.522. The SMILES string of the molecule is CCCC(=O)N1CCCCC1c1cc2nc3c(c(=O)n2[nH]1)CN(Cc1cccs1)CC3. The molecule has 1 N–H and O–H groups in total. The summed E-state index contributed by atoms with van der Waals surface area (Å²) < 4.78 is 1.58. The van der Waals surface area contributed by atoms with Crippen LogP contribution in [0.1, 0.15) is 66.9 Å². The van der Waals surface area contributed by atoms with Crippen molar-refractivity contribution >= 4 is 22.9 Å². The highest BCUT2D eigenvalue weighted by molar-refractivity contribution is 7.09. The van der Waals surface area contributed by atoms with Gasteiger partial charge in [-0.2, -0.15) is 0 Å². The molecule has 3 aromatic heterocycles. The number of carbonyl (C=O) groups excluding carboxylic acids is 1. The van der Waals surface area contributed by atoms with Crippen molar-refractivity contribution in [1.29, 1.82) is 0 Å². The van der Waals surface area contributed by atoms with Crippen molar-refractivity contribution in [2.75, 3.05) is 13.1 Å². The summed E-state index contributed by atoms with van der Waals surface area (Å²) in [7, 11) is 0. The zero-order valence-corrected chi connectivity index (χ0v) is 18.8. The number of likely N-dealkylation sites (tertiary alicyclic amines) is 1. The molecule has 1 amide bonds. The topological polar surface area (TPSA) is 73.7 Å². The van der Waals surface area contributed by atoms with Gasteiger partial charge >= 0.3 is 0 Å². The molecule has 1 fully saturated rings. The summed E-state index contributed by atoms with van der Waals surface area (Å²) in [6, 6.07) is 6.18. The van der Waals surface area contributed by atoms with Gasteiger partial charge in [0.25, 0.3) is 5.56 Å². The lowest BCUT2D eigenvalue weighted by molar-refractivity contribution is -0.135. The van der Waals surface area contributed by atoms with Crippen LogP contribution in [0.15, 0.2) is 28.4 Å². The molecule has 8 heteroatoms. The summed E-state index contributed by atoms with van der Waals surface area (Å²) in [4.78, 5) is 36.4. The van der Waals surface area contributed by atoms with Gasteiger partial charge < -0.3 is 4.90 Å². The van der Waals surface area contributed by atoms with Gasteiger partial charge in [-0.05, 0) is 37.1 Å². The van der Waals surface area contributed by atoms with Gasteiger partial charge in [-0.25, -0.2) is 9.50 Å². The quantitative estimate of drug-likeness (QED) is 0.660. The standard InChI is InChI=1S/C23H29N5O2S/c1-2-6-22(29)27-10-4-3-8-20(27)19-13-21-24-18-9-11-26(14-16-7-5-12-31-16)15-17(18)23(30)28(21)25-19/h5,7,12-13,20,25H,2-4,6,8-11,14-15H2,1H3. The van der Waals surface area contributed by atoms with Crippen LogP contribution in [0.3, 0.4) is 0 Å². The number of rotatable bonds is 5. The first-order valence-corrected chi connectivity index (χ1v) is 12.2. The molecule has 3 aromatic rings. The molecule has 7 nitrogen and oxygen atoms in total. The van der Waals surface area contributed by atoms with E-state index in [2.05, 4.69) is 27.5 Å². The molecule has 2 aliphatic heterocycles. The van der Waals surface area contributed by atoms with Crippen LogP contribution >= 0.6 is 11.3 Å². The number of H-pyrrole nitrogens is 1. The minimum Gasteiger partial charge on any atom is -0.334 e. The predicted octanol–water partition coefficient (Wildman–Crippen LogP) is 3.50. The van der Waals surface area contributed by atoms with E-state index in [4.69, 9.17) is 4.98 Å². The summed E-state index contributed by atoms with van der Waals surface area (Å²) in [5, 5.41) is 5.39. The van der Waals surface area contributed by atoms with Crippen molar-refractivity contribution in [3.05, 3.63) is 55.8 Å². The molecule has 2 aliphatic rings. The van der Waals surface area contributed by atoms with E-state index >= 15 is 0 Å². The van der Waals surface area contributed by atoms with Gasteiger partial charge in [0.1, 0.15) is 0 Å². The number of thiophene rings is 1. The number of hydrogen-bond donors (Lipinski definition) is 1. The van der Waals surface area contributed by atoms with Crippen LogP contribution < -0.4 is 5.56 Å². The van der Waals surface area contributed by atoms with E-state index in [1.165, 1.54) is 4.88 Å². The Kier molecular flexibility index (Phi) is 5.67. The molecule has 0 radical (unpaired) electrons. The molecule has 0 aromatic carbocycles. The highest BCUT2D eigenvalue weighted by Crippen LogP contribution is 2.31. The van der Waals surface area contributed by atoms with Gasteiger partial charge in [-0.1, -0.05) is 13.0 Å². The molecular formula is C23H29N5O2S. The first-order chi connectivity index (χ1) is 15.1. The van der Waals surface area contributed by atoms with Crippen molar-refractivity contribution in [3.8, 4) is 0 Å². The molecule has 0 saturated carbocycles. The number of aromatic amines is 1. The third-order valence-electron chi connectivity index (χ3n) is 6.47. The third kappa shape index (κ3) is 3.94. The van der Waals surface area contributed by atoms with Crippen LogP contribution in [-0.2, 0) is 24.3 Å². The number of aromatic nitrogens is 3. The maximum Gasteiger partial charge on any atom is 0.277 e. The summed E-state index contributed by atoms with van der Waals surface area (Å²) in [6.45, 7) is 5.23. The molecule has 164 valence electrons. The highest BCUT2D eigenvalue weighted by Gasteiger charge is 2.30. The van der Waals surface area contributed by atoms with Gasteiger partial charge in [0, 0.05) is 50.0 Å². The number of piperidine rings is 1. The molecule has 0 bridgehead atoms. The first-order valence-electron chi connectivity index (χ1n) is 11.3. The van der Waals surface area contributed by atoms with Crippen molar-refractivity contribution in [1.82, 2.24) is 24.4 Å². The minimum absolute atomic E-state index is 0.00116. The maximum atomic E-state index is 13.3. The third-order valence-corrected chi connectivity index (χ3v) is 7.33. The molecule has 1 atom stereocenters. The number of amides is 1. The molecule has 0 spiro atoms. The largest absolute Gasteiger partial charge is 0.334 e. The Morgan fingerprint density at radius 1 is 1.32 bits per heavy atom. The Balaban J connectivity index is 1.45. The Labute approximate surface area is 185 Å². The minimum atomic E-state index is -0.00984. The predicted molar refractivity (Wildman–Crippen MR) is 121 cm³/mol. The van der Waals surface area contributed by atoms with E-state index in [1.807, 2.05) is 17.9 Å². The summed E-state index contributed by atoms with van der Waals surface area (Å²) in [5.41, 5.74) is 3.28. The molecule has 1 saturated heterocycles. The van der Waals surface area contributed by atoms with Crippen molar-refractivity contribution in [3.63, 3.8) is 0 Å². The van der Waals surface area contributed by atoms with Crippen molar-refractivity contribution in [2.45, 2.75) is 64.6 Å². The van der Waals surface area contributed by atoms with E-state index in [0.29, 0.717) is 18.6 Å². The maximum absolute atomic E-state index is 13.3. The van der Waals surface area contributed by atoms with Gasteiger partial charge in [-0.3, -0.25) is 19.6 Å². The number of nitrogens with one attached hydrogen (secondary N) is 1. The lowest BCUT2D eigenvalue weighted by atomic mass is 9.98. The Morgan fingerprint density at radius 2 is 2.23 bits per heavy atom.